The van der Waals surface area contributed by atoms with Gasteiger partial charge in [-0.05, 0) is 36.4 Å². The lowest BCUT2D eigenvalue weighted by molar-refractivity contribution is 0.0569. The molecule has 0 atom stereocenters. The lowest BCUT2D eigenvalue weighted by Gasteiger charge is -2.37. The van der Waals surface area contributed by atoms with Crippen LogP contribution >= 0.6 is 0 Å². The van der Waals surface area contributed by atoms with Crippen molar-refractivity contribution in [3.05, 3.63) is 71.9 Å². The molecule has 0 N–H and O–H groups in total. The maximum absolute atomic E-state index is 12.6. The van der Waals surface area contributed by atoms with Gasteiger partial charge in [-0.3, -0.25) is 4.79 Å². The van der Waals surface area contributed by atoms with Crippen LogP contribution in [0.15, 0.2) is 59.1 Å². The molecule has 4 rings (SSSR count). The van der Waals surface area contributed by atoms with Gasteiger partial charge in [0.1, 0.15) is 11.5 Å². The van der Waals surface area contributed by atoms with E-state index in [1.165, 1.54) is 0 Å². The smallest absolute Gasteiger partial charge is 0.253 e. The average Bonchev–Trinajstić information content (AvgIpc) is 3.12. The predicted molar refractivity (Wildman–Crippen MR) is 100.0 cm³/mol. The van der Waals surface area contributed by atoms with Gasteiger partial charge < -0.3 is 14.2 Å². The molecule has 6 heteroatoms. The van der Waals surface area contributed by atoms with Gasteiger partial charge >= 0.3 is 0 Å². The first-order valence-electron chi connectivity index (χ1n) is 9.06. The quantitative estimate of drug-likeness (QED) is 0.679. The zero-order valence-electron chi connectivity index (χ0n) is 15.3. The highest BCUT2D eigenvalue weighted by atomic mass is 16.5. The zero-order chi connectivity index (χ0) is 18.8. The van der Waals surface area contributed by atoms with Gasteiger partial charge in [0, 0.05) is 24.6 Å². The number of amides is 1. The number of para-hydroxylation sites is 1. The normalized spacial score (nSPS) is 14.3. The molecule has 1 aromatic heterocycles. The molecule has 2 heterocycles. The van der Waals surface area contributed by atoms with Crippen LogP contribution in [0, 0.1) is 0 Å². The van der Waals surface area contributed by atoms with Crippen molar-refractivity contribution in [2.45, 2.75) is 25.7 Å². The van der Waals surface area contributed by atoms with Crippen molar-refractivity contribution in [2.24, 2.45) is 0 Å². The van der Waals surface area contributed by atoms with Crippen molar-refractivity contribution < 1.29 is 14.1 Å². The molecule has 0 aliphatic carbocycles. The summed E-state index contributed by atoms with van der Waals surface area (Å²) in [5, 5.41) is 3.99. The maximum Gasteiger partial charge on any atom is 0.253 e. The predicted octanol–water partition coefficient (Wildman–Crippen LogP) is 4.22. The zero-order valence-corrected chi connectivity index (χ0v) is 15.3. The van der Waals surface area contributed by atoms with E-state index in [-0.39, 0.29) is 17.7 Å². The van der Waals surface area contributed by atoms with Crippen LogP contribution in [-0.4, -0.2) is 34.0 Å². The van der Waals surface area contributed by atoms with Gasteiger partial charge in [0.05, 0.1) is 5.92 Å². The largest absolute Gasteiger partial charge is 0.457 e. The van der Waals surface area contributed by atoms with E-state index in [0.717, 1.165) is 5.75 Å². The highest BCUT2D eigenvalue weighted by Gasteiger charge is 2.36. The molecule has 0 unspecified atom stereocenters. The Hall–Kier alpha value is -3.15. The molecule has 138 valence electrons. The molecule has 0 saturated carbocycles. The first-order valence-corrected chi connectivity index (χ1v) is 9.06. The third-order valence-electron chi connectivity index (χ3n) is 4.57. The Bertz CT molecular complexity index is 913. The molecular formula is C21H21N3O3. The first kappa shape index (κ1) is 17.3. The van der Waals surface area contributed by atoms with Crippen LogP contribution < -0.4 is 4.74 Å². The summed E-state index contributed by atoms with van der Waals surface area (Å²) >= 11 is 0. The highest BCUT2D eigenvalue weighted by molar-refractivity contribution is 5.95. The molecule has 0 spiro atoms. The Morgan fingerprint density at radius 1 is 1.07 bits per heavy atom. The Morgan fingerprint density at radius 2 is 1.74 bits per heavy atom. The number of carbonyl (C=O) groups is 1. The number of aromatic nitrogens is 2. The summed E-state index contributed by atoms with van der Waals surface area (Å²) in [5.41, 5.74) is 0.641. The van der Waals surface area contributed by atoms with E-state index in [1.54, 1.807) is 17.0 Å². The standard InChI is InChI=1S/C21H21N3O3/c1-14(2)19-22-20(27-23-19)16-12-24(13-16)21(25)15-8-10-18(11-9-15)26-17-6-4-3-5-7-17/h3-11,14,16H,12-13H2,1-2H3. The lowest BCUT2D eigenvalue weighted by atomic mass is 9.98. The summed E-state index contributed by atoms with van der Waals surface area (Å²) in [5.74, 6) is 3.15. The second-order valence-electron chi connectivity index (χ2n) is 6.99. The SMILES string of the molecule is CC(C)c1noc(C2CN(C(=O)c3ccc(Oc4ccccc4)cc3)C2)n1. The molecule has 6 nitrogen and oxygen atoms in total. The number of benzene rings is 2. The number of ether oxygens (including phenoxy) is 1. The van der Waals surface area contributed by atoms with E-state index in [1.807, 2.05) is 56.3 Å². The summed E-state index contributed by atoms with van der Waals surface area (Å²) in [4.78, 5) is 18.8. The van der Waals surface area contributed by atoms with E-state index >= 15 is 0 Å². The van der Waals surface area contributed by atoms with Crippen LogP contribution in [0.25, 0.3) is 0 Å². The van der Waals surface area contributed by atoms with E-state index in [4.69, 9.17) is 9.26 Å². The number of hydrogen-bond donors (Lipinski definition) is 0. The molecule has 1 aliphatic rings. The van der Waals surface area contributed by atoms with Crippen LogP contribution in [0.5, 0.6) is 11.5 Å². The fourth-order valence-corrected chi connectivity index (χ4v) is 2.92. The average molecular weight is 363 g/mol. The van der Waals surface area contributed by atoms with E-state index in [0.29, 0.717) is 36.1 Å². The van der Waals surface area contributed by atoms with Crippen LogP contribution in [0.1, 0.15) is 47.8 Å². The van der Waals surface area contributed by atoms with E-state index < -0.39 is 0 Å². The molecule has 0 bridgehead atoms. The van der Waals surface area contributed by atoms with Crippen LogP contribution in [0.3, 0.4) is 0 Å². The first-order chi connectivity index (χ1) is 13.1. The number of likely N-dealkylation sites (tertiary alicyclic amines) is 1. The molecule has 2 aromatic carbocycles. The number of hydrogen-bond acceptors (Lipinski definition) is 5. The summed E-state index contributed by atoms with van der Waals surface area (Å²) in [6.45, 7) is 5.24. The highest BCUT2D eigenvalue weighted by Crippen LogP contribution is 2.29. The Kier molecular flexibility index (Phi) is 4.62. The summed E-state index contributed by atoms with van der Waals surface area (Å²) in [7, 11) is 0. The molecule has 1 saturated heterocycles. The van der Waals surface area contributed by atoms with Crippen molar-refractivity contribution in [3.63, 3.8) is 0 Å². The molecule has 1 aliphatic heterocycles. The molecule has 3 aromatic rings. The van der Waals surface area contributed by atoms with E-state index in [2.05, 4.69) is 10.1 Å². The molecular weight excluding hydrogens is 342 g/mol. The second kappa shape index (κ2) is 7.23. The van der Waals surface area contributed by atoms with Crippen LogP contribution in [-0.2, 0) is 0 Å². The maximum atomic E-state index is 12.6. The lowest BCUT2D eigenvalue weighted by Crippen LogP contribution is -2.48. The summed E-state index contributed by atoms with van der Waals surface area (Å²) < 4.78 is 11.1. The third-order valence-corrected chi connectivity index (χ3v) is 4.57. The van der Waals surface area contributed by atoms with Crippen molar-refractivity contribution in [3.8, 4) is 11.5 Å². The Balaban J connectivity index is 1.35. The Labute approximate surface area is 157 Å². The topological polar surface area (TPSA) is 68.5 Å². The van der Waals surface area contributed by atoms with E-state index in [9.17, 15) is 4.79 Å². The molecule has 27 heavy (non-hydrogen) atoms. The molecule has 1 fully saturated rings. The van der Waals surface area contributed by atoms with Crippen LogP contribution in [0.4, 0.5) is 0 Å². The van der Waals surface area contributed by atoms with Gasteiger partial charge in [-0.2, -0.15) is 4.98 Å². The summed E-state index contributed by atoms with van der Waals surface area (Å²) in [6, 6.07) is 16.8. The second-order valence-corrected chi connectivity index (χ2v) is 6.99. The minimum absolute atomic E-state index is 0.00103. The third kappa shape index (κ3) is 3.69. The van der Waals surface area contributed by atoms with Crippen molar-refractivity contribution in [1.29, 1.82) is 0 Å². The van der Waals surface area contributed by atoms with Crippen LogP contribution in [0.2, 0.25) is 0 Å². The van der Waals surface area contributed by atoms with Gasteiger partial charge in [-0.1, -0.05) is 37.2 Å². The molecule has 0 radical (unpaired) electrons. The minimum Gasteiger partial charge on any atom is -0.457 e. The number of nitrogens with zero attached hydrogens (tertiary/aromatic N) is 3. The van der Waals surface area contributed by atoms with Gasteiger partial charge in [0.2, 0.25) is 5.89 Å². The van der Waals surface area contributed by atoms with Crippen molar-refractivity contribution >= 4 is 5.91 Å². The van der Waals surface area contributed by atoms with Gasteiger partial charge in [-0.15, -0.1) is 0 Å². The monoisotopic (exact) mass is 363 g/mol. The van der Waals surface area contributed by atoms with Gasteiger partial charge in [0.25, 0.3) is 5.91 Å². The van der Waals surface area contributed by atoms with Gasteiger partial charge in [-0.25, -0.2) is 0 Å². The van der Waals surface area contributed by atoms with Crippen molar-refractivity contribution in [1.82, 2.24) is 15.0 Å². The fraction of sp³-hybridized carbons (Fsp3) is 0.286. The number of carbonyl (C=O) groups excluding carboxylic acids is 1. The van der Waals surface area contributed by atoms with Crippen molar-refractivity contribution in [2.75, 3.05) is 13.1 Å². The minimum atomic E-state index is 0.00103. The fourth-order valence-electron chi connectivity index (χ4n) is 2.92. The summed E-state index contributed by atoms with van der Waals surface area (Å²) in [6.07, 6.45) is 0. The molecule has 1 amide bonds. The number of rotatable bonds is 5. The van der Waals surface area contributed by atoms with Gasteiger partial charge in [0.15, 0.2) is 5.82 Å². The Morgan fingerprint density at radius 3 is 2.37 bits per heavy atom.